The number of benzene rings is 1. The molecular weight excluding hydrogens is 392 g/mol. The van der Waals surface area contributed by atoms with Crippen molar-refractivity contribution in [3.63, 3.8) is 0 Å². The van der Waals surface area contributed by atoms with Crippen molar-refractivity contribution in [3.8, 4) is 6.07 Å². The molecule has 4 rings (SSSR count). The van der Waals surface area contributed by atoms with Crippen LogP contribution in [-0.2, 0) is 9.53 Å². The first-order chi connectivity index (χ1) is 14.7. The second-order valence-corrected chi connectivity index (χ2v) is 8.81. The van der Waals surface area contributed by atoms with Crippen LogP contribution in [0.25, 0.3) is 0 Å². The quantitative estimate of drug-likeness (QED) is 0.558. The zero-order valence-corrected chi connectivity index (χ0v) is 18.4. The number of hydrogen-bond donors (Lipinski definition) is 2. The van der Waals surface area contributed by atoms with Crippen LogP contribution in [-0.4, -0.2) is 25.7 Å². The topological polar surface area (TPSA) is 111 Å². The average Bonchev–Trinajstić information content (AvgIpc) is 3.59. The van der Waals surface area contributed by atoms with Gasteiger partial charge in [0.15, 0.2) is 0 Å². The molecule has 2 aliphatic heterocycles. The standard InChI is InChI=1S/C24H28N4O3/c1-13(10-25)23-21(15(3)31-12-16-5-6-16)22-18-8-7-17(11-26)9-19(18)28(4,30)24(29)20(22)14(2)27-23/h7-10,15-16,22,27H,5-6,12,25H2,1-4H3/b13-10-/t15?,22-,28?/m0/s1. The van der Waals surface area contributed by atoms with E-state index in [2.05, 4.69) is 11.4 Å². The van der Waals surface area contributed by atoms with Gasteiger partial charge in [-0.15, -0.1) is 0 Å². The highest BCUT2D eigenvalue weighted by molar-refractivity contribution is 6.07. The molecule has 1 aromatic carbocycles. The number of hydrogen-bond acceptors (Lipinski definition) is 6. The predicted molar refractivity (Wildman–Crippen MR) is 119 cm³/mol. The Kier molecular flexibility index (Phi) is 5.26. The van der Waals surface area contributed by atoms with Crippen LogP contribution in [0.1, 0.15) is 50.7 Å². The Morgan fingerprint density at radius 1 is 1.48 bits per heavy atom. The van der Waals surface area contributed by atoms with Crippen LogP contribution in [0.2, 0.25) is 0 Å². The number of nitriles is 1. The molecule has 1 aromatic rings. The number of nitrogens with one attached hydrogen (secondary N) is 1. The molecule has 7 nitrogen and oxygen atoms in total. The van der Waals surface area contributed by atoms with E-state index in [1.807, 2.05) is 20.8 Å². The number of carbonyl (C=O) groups excluding carboxylic acids is 1. The number of carbonyl (C=O) groups is 1. The van der Waals surface area contributed by atoms with Crippen molar-refractivity contribution in [2.45, 2.75) is 45.6 Å². The van der Waals surface area contributed by atoms with Gasteiger partial charge in [-0.1, -0.05) is 6.07 Å². The smallest absolute Gasteiger partial charge is 0.349 e. The highest BCUT2D eigenvalue weighted by Crippen LogP contribution is 2.50. The number of hydroxylamine groups is 2. The van der Waals surface area contributed by atoms with Crippen molar-refractivity contribution in [3.05, 3.63) is 68.8 Å². The number of rotatable bonds is 5. The van der Waals surface area contributed by atoms with E-state index in [0.29, 0.717) is 35.0 Å². The van der Waals surface area contributed by atoms with E-state index in [0.717, 1.165) is 22.4 Å². The van der Waals surface area contributed by atoms with E-state index in [1.165, 1.54) is 32.2 Å². The number of nitrogens with two attached hydrogens (primary N) is 1. The molecule has 3 N–H and O–H groups in total. The molecule has 1 fully saturated rings. The van der Waals surface area contributed by atoms with Crippen LogP contribution in [0.5, 0.6) is 0 Å². The SMILES string of the molecule is CC1=C2C(=O)[N+](C)([O-])c3cc(C#N)ccc3[C@@H]2C(C(C)OCC2CC2)=C(/C(C)=C\N)N1. The van der Waals surface area contributed by atoms with E-state index in [4.69, 9.17) is 10.5 Å². The fraction of sp³-hybridized carbons (Fsp3) is 0.417. The van der Waals surface area contributed by atoms with Crippen molar-refractivity contribution in [1.29, 1.82) is 5.26 Å². The molecule has 0 bridgehead atoms. The number of amides is 1. The fourth-order valence-electron chi connectivity index (χ4n) is 4.52. The highest BCUT2D eigenvalue weighted by Gasteiger charge is 2.49. The first kappa shape index (κ1) is 21.3. The number of allylic oxidation sites excluding steroid dienone is 2. The Morgan fingerprint density at radius 2 is 2.19 bits per heavy atom. The maximum Gasteiger partial charge on any atom is 0.349 e. The second-order valence-electron chi connectivity index (χ2n) is 8.81. The predicted octanol–water partition coefficient (Wildman–Crippen LogP) is 3.43. The van der Waals surface area contributed by atoms with Crippen LogP contribution >= 0.6 is 0 Å². The molecule has 2 unspecified atom stereocenters. The molecule has 1 amide bonds. The molecule has 31 heavy (non-hydrogen) atoms. The number of ether oxygens (including phenoxy) is 1. The molecule has 7 heteroatoms. The third kappa shape index (κ3) is 3.47. The Bertz CT molecular complexity index is 1090. The summed E-state index contributed by atoms with van der Waals surface area (Å²) in [5.74, 6) is -0.375. The molecule has 0 radical (unpaired) electrons. The summed E-state index contributed by atoms with van der Waals surface area (Å²) in [7, 11) is 1.33. The van der Waals surface area contributed by atoms with Crippen LogP contribution in [0.15, 0.2) is 52.5 Å². The number of dihydropyridines is 1. The zero-order valence-electron chi connectivity index (χ0n) is 18.4. The number of likely N-dealkylation sites (N-methyl/N-ethyl adjacent to an activating group) is 1. The summed E-state index contributed by atoms with van der Waals surface area (Å²) in [6.45, 7) is 6.37. The minimum atomic E-state index is -1.18. The van der Waals surface area contributed by atoms with Crippen LogP contribution < -0.4 is 15.7 Å². The third-order valence-electron chi connectivity index (χ3n) is 6.51. The van der Waals surface area contributed by atoms with Gasteiger partial charge in [0.2, 0.25) is 0 Å². The maximum atomic E-state index is 13.5. The molecule has 0 spiro atoms. The maximum absolute atomic E-state index is 13.5. The monoisotopic (exact) mass is 420 g/mol. The van der Waals surface area contributed by atoms with Gasteiger partial charge in [0.1, 0.15) is 5.69 Å². The summed E-state index contributed by atoms with van der Waals surface area (Å²) in [6, 6.07) is 7.10. The largest absolute Gasteiger partial charge is 0.620 e. The second kappa shape index (κ2) is 7.65. The first-order valence-electron chi connectivity index (χ1n) is 10.6. The number of fused-ring (bicyclic) bond motifs is 3. The van der Waals surface area contributed by atoms with Crippen molar-refractivity contribution < 1.29 is 9.53 Å². The van der Waals surface area contributed by atoms with Crippen molar-refractivity contribution in [2.75, 3.05) is 13.7 Å². The van der Waals surface area contributed by atoms with Gasteiger partial charge in [0.25, 0.3) is 0 Å². The van der Waals surface area contributed by atoms with Gasteiger partial charge in [-0.2, -0.15) is 5.26 Å². The van der Waals surface area contributed by atoms with E-state index in [-0.39, 0.29) is 6.10 Å². The lowest BCUT2D eigenvalue weighted by Crippen LogP contribution is -2.52. The van der Waals surface area contributed by atoms with Crippen molar-refractivity contribution in [1.82, 2.24) is 9.96 Å². The van der Waals surface area contributed by atoms with Crippen LogP contribution in [0, 0.1) is 22.5 Å². The summed E-state index contributed by atoms with van der Waals surface area (Å²) in [5.41, 5.74) is 10.9. The minimum absolute atomic E-state index is 0.286. The molecule has 0 aromatic heterocycles. The van der Waals surface area contributed by atoms with Gasteiger partial charge in [0.05, 0.1) is 42.9 Å². The van der Waals surface area contributed by atoms with E-state index in [1.54, 1.807) is 12.1 Å². The lowest BCUT2D eigenvalue weighted by atomic mass is 9.74. The summed E-state index contributed by atoms with van der Waals surface area (Å²) in [4.78, 5) is 13.4. The van der Waals surface area contributed by atoms with Gasteiger partial charge >= 0.3 is 5.91 Å². The molecule has 3 atom stereocenters. The number of nitrogens with zero attached hydrogens (tertiary/aromatic N) is 2. The summed E-state index contributed by atoms with van der Waals surface area (Å²) in [5, 5.41) is 26.1. The first-order valence-corrected chi connectivity index (χ1v) is 10.6. The average molecular weight is 421 g/mol. The van der Waals surface area contributed by atoms with Crippen LogP contribution in [0.3, 0.4) is 0 Å². The Hall–Kier alpha value is -2.92. The zero-order chi connectivity index (χ0) is 22.5. The van der Waals surface area contributed by atoms with Gasteiger partial charge in [0, 0.05) is 23.0 Å². The molecule has 1 aliphatic carbocycles. The lowest BCUT2D eigenvalue weighted by molar-refractivity contribution is -0.124. The van der Waals surface area contributed by atoms with Gasteiger partial charge < -0.3 is 21.0 Å². The summed E-state index contributed by atoms with van der Waals surface area (Å²) >= 11 is 0. The minimum Gasteiger partial charge on any atom is -0.620 e. The van der Waals surface area contributed by atoms with Gasteiger partial charge in [-0.05, 0) is 62.9 Å². The number of quaternary nitrogens is 1. The van der Waals surface area contributed by atoms with E-state index in [9.17, 15) is 15.3 Å². The molecule has 162 valence electrons. The van der Waals surface area contributed by atoms with Gasteiger partial charge in [-0.3, -0.25) is 4.65 Å². The van der Waals surface area contributed by atoms with Crippen LogP contribution in [0.4, 0.5) is 5.69 Å². The van der Waals surface area contributed by atoms with E-state index >= 15 is 0 Å². The molecular formula is C24H28N4O3. The summed E-state index contributed by atoms with van der Waals surface area (Å²) in [6.07, 6.45) is 3.60. The van der Waals surface area contributed by atoms with Crippen molar-refractivity contribution >= 4 is 11.6 Å². The molecule has 1 saturated carbocycles. The normalized spacial score (nSPS) is 26.8. The Labute approximate surface area is 182 Å². The summed E-state index contributed by atoms with van der Waals surface area (Å²) < 4.78 is 5.05. The Balaban J connectivity index is 1.94. The Morgan fingerprint density at radius 3 is 2.81 bits per heavy atom. The van der Waals surface area contributed by atoms with Gasteiger partial charge in [-0.25, -0.2) is 4.79 Å². The van der Waals surface area contributed by atoms with Crippen molar-refractivity contribution in [2.24, 2.45) is 11.7 Å². The van der Waals surface area contributed by atoms with E-state index < -0.39 is 16.5 Å². The molecule has 2 heterocycles. The molecule has 0 saturated heterocycles. The lowest BCUT2D eigenvalue weighted by Gasteiger charge is -2.46. The highest BCUT2D eigenvalue weighted by atomic mass is 16.6. The molecule has 3 aliphatic rings. The third-order valence-corrected chi connectivity index (χ3v) is 6.51. The fourth-order valence-corrected chi connectivity index (χ4v) is 4.52.